The van der Waals surface area contributed by atoms with E-state index in [1.807, 2.05) is 35.8 Å². The summed E-state index contributed by atoms with van der Waals surface area (Å²) in [5.41, 5.74) is 3.11. The Bertz CT molecular complexity index is 958. The number of carbonyl (C=O) groups is 1. The largest absolute Gasteiger partial charge is 0.325 e. The summed E-state index contributed by atoms with van der Waals surface area (Å²) in [6.45, 7) is 4.88. The number of hydrogen-bond donors (Lipinski definition) is 1. The summed E-state index contributed by atoms with van der Waals surface area (Å²) in [4.78, 5) is 12.3. The Morgan fingerprint density at radius 3 is 2.37 bits per heavy atom. The molecule has 0 bridgehead atoms. The maximum atomic E-state index is 13.0. The summed E-state index contributed by atoms with van der Waals surface area (Å²) in [5, 5.41) is 12.2. The van der Waals surface area contributed by atoms with Gasteiger partial charge in [0.15, 0.2) is 5.16 Å². The standard InChI is InChI=1S/C22H25FN4OS2/c1-3-16-7-11-19(12-8-16)24-21(28)15-30-22-26-25-20(27(22)4-2)14-29-13-17-5-9-18(23)10-6-17/h5-12H,3-4,13-15H2,1-2H3,(H,24,28). The molecule has 1 aromatic heterocycles. The van der Waals surface area contributed by atoms with Gasteiger partial charge in [0.1, 0.15) is 11.6 Å². The smallest absolute Gasteiger partial charge is 0.234 e. The van der Waals surface area contributed by atoms with Crippen molar-refractivity contribution in [2.75, 3.05) is 11.1 Å². The van der Waals surface area contributed by atoms with Crippen LogP contribution in [0.4, 0.5) is 10.1 Å². The number of nitrogens with one attached hydrogen (secondary N) is 1. The minimum Gasteiger partial charge on any atom is -0.325 e. The van der Waals surface area contributed by atoms with E-state index >= 15 is 0 Å². The van der Waals surface area contributed by atoms with Crippen molar-refractivity contribution in [2.45, 2.75) is 43.5 Å². The molecule has 1 N–H and O–H groups in total. The number of aromatic nitrogens is 3. The first-order valence-electron chi connectivity index (χ1n) is 9.85. The molecular formula is C22H25FN4OS2. The second-order valence-electron chi connectivity index (χ2n) is 6.65. The van der Waals surface area contributed by atoms with E-state index in [1.54, 1.807) is 23.9 Å². The normalized spacial score (nSPS) is 10.9. The lowest BCUT2D eigenvalue weighted by atomic mass is 10.1. The topological polar surface area (TPSA) is 59.8 Å². The number of halogens is 1. The van der Waals surface area contributed by atoms with E-state index in [1.165, 1.54) is 29.5 Å². The number of amides is 1. The first-order valence-corrected chi connectivity index (χ1v) is 12.0. The van der Waals surface area contributed by atoms with Crippen LogP contribution in [-0.4, -0.2) is 26.4 Å². The van der Waals surface area contributed by atoms with Gasteiger partial charge >= 0.3 is 0 Å². The zero-order chi connectivity index (χ0) is 21.3. The van der Waals surface area contributed by atoms with E-state index < -0.39 is 0 Å². The van der Waals surface area contributed by atoms with Crippen LogP contribution < -0.4 is 5.32 Å². The maximum Gasteiger partial charge on any atom is 0.234 e. The Morgan fingerprint density at radius 2 is 1.70 bits per heavy atom. The van der Waals surface area contributed by atoms with Gasteiger partial charge in [0.2, 0.25) is 5.91 Å². The minimum atomic E-state index is -0.224. The second-order valence-corrected chi connectivity index (χ2v) is 8.58. The summed E-state index contributed by atoms with van der Waals surface area (Å²) < 4.78 is 15.0. The molecule has 0 radical (unpaired) electrons. The van der Waals surface area contributed by atoms with Gasteiger partial charge in [-0.1, -0.05) is 43.0 Å². The number of anilines is 1. The average molecular weight is 445 g/mol. The zero-order valence-electron chi connectivity index (χ0n) is 17.1. The summed E-state index contributed by atoms with van der Waals surface area (Å²) in [6, 6.07) is 14.4. The second kappa shape index (κ2) is 11.2. The fourth-order valence-corrected chi connectivity index (χ4v) is 4.59. The predicted molar refractivity (Wildman–Crippen MR) is 122 cm³/mol. The SMILES string of the molecule is CCc1ccc(NC(=O)CSc2nnc(CSCc3ccc(F)cc3)n2CC)cc1. The first-order chi connectivity index (χ1) is 14.6. The van der Waals surface area contributed by atoms with E-state index in [-0.39, 0.29) is 17.5 Å². The average Bonchev–Trinajstić information content (AvgIpc) is 3.16. The Balaban J connectivity index is 1.50. The highest BCUT2D eigenvalue weighted by atomic mass is 32.2. The van der Waals surface area contributed by atoms with Gasteiger partial charge in [0, 0.05) is 18.0 Å². The molecule has 5 nitrogen and oxygen atoms in total. The van der Waals surface area contributed by atoms with Crippen LogP contribution in [-0.2, 0) is 29.3 Å². The summed E-state index contributed by atoms with van der Waals surface area (Å²) in [7, 11) is 0. The highest BCUT2D eigenvalue weighted by Crippen LogP contribution is 2.22. The molecule has 0 spiro atoms. The van der Waals surface area contributed by atoms with Gasteiger partial charge in [0.25, 0.3) is 0 Å². The maximum absolute atomic E-state index is 13.0. The van der Waals surface area contributed by atoms with Crippen LogP contribution in [0.25, 0.3) is 0 Å². The van der Waals surface area contributed by atoms with E-state index in [2.05, 4.69) is 22.4 Å². The van der Waals surface area contributed by atoms with Gasteiger partial charge in [-0.15, -0.1) is 22.0 Å². The highest BCUT2D eigenvalue weighted by Gasteiger charge is 2.13. The minimum absolute atomic E-state index is 0.0675. The number of benzene rings is 2. The van der Waals surface area contributed by atoms with Gasteiger partial charge in [0.05, 0.1) is 11.5 Å². The lowest BCUT2D eigenvalue weighted by molar-refractivity contribution is -0.113. The van der Waals surface area contributed by atoms with Crippen LogP contribution in [0, 0.1) is 5.82 Å². The zero-order valence-corrected chi connectivity index (χ0v) is 18.7. The summed E-state index contributed by atoms with van der Waals surface area (Å²) in [5.74, 6) is 2.34. The van der Waals surface area contributed by atoms with Crippen molar-refractivity contribution in [3.05, 3.63) is 71.3 Å². The quantitative estimate of drug-likeness (QED) is 0.438. The lowest BCUT2D eigenvalue weighted by Crippen LogP contribution is -2.14. The van der Waals surface area contributed by atoms with E-state index in [9.17, 15) is 9.18 Å². The molecule has 1 amide bonds. The molecule has 8 heteroatoms. The van der Waals surface area contributed by atoms with Crippen LogP contribution in [0.3, 0.4) is 0 Å². The Kier molecular flexibility index (Phi) is 8.33. The van der Waals surface area contributed by atoms with Crippen molar-refractivity contribution in [3.63, 3.8) is 0 Å². The fraction of sp³-hybridized carbons (Fsp3) is 0.318. The monoisotopic (exact) mass is 444 g/mol. The molecule has 2 aromatic carbocycles. The number of hydrogen-bond acceptors (Lipinski definition) is 5. The van der Waals surface area contributed by atoms with Crippen LogP contribution in [0.1, 0.15) is 30.8 Å². The van der Waals surface area contributed by atoms with Crippen molar-refractivity contribution in [1.29, 1.82) is 0 Å². The third-order valence-corrected chi connectivity index (χ3v) is 6.47. The number of rotatable bonds is 10. The van der Waals surface area contributed by atoms with Gasteiger partial charge in [-0.25, -0.2) is 4.39 Å². The van der Waals surface area contributed by atoms with Gasteiger partial charge < -0.3 is 9.88 Å². The number of carbonyl (C=O) groups excluding carboxylic acids is 1. The lowest BCUT2D eigenvalue weighted by Gasteiger charge is -2.08. The van der Waals surface area contributed by atoms with Crippen molar-refractivity contribution in [3.8, 4) is 0 Å². The predicted octanol–water partition coefficient (Wildman–Crippen LogP) is 5.16. The molecule has 0 fully saturated rings. The molecule has 0 aliphatic rings. The van der Waals surface area contributed by atoms with Crippen molar-refractivity contribution in [2.24, 2.45) is 0 Å². The molecular weight excluding hydrogens is 419 g/mol. The molecule has 0 aliphatic heterocycles. The number of nitrogens with zero attached hydrogens (tertiary/aromatic N) is 3. The highest BCUT2D eigenvalue weighted by molar-refractivity contribution is 7.99. The van der Waals surface area contributed by atoms with E-state index in [0.717, 1.165) is 41.0 Å². The van der Waals surface area contributed by atoms with Crippen LogP contribution in [0.2, 0.25) is 0 Å². The van der Waals surface area contributed by atoms with E-state index in [4.69, 9.17) is 0 Å². The first kappa shape index (κ1) is 22.4. The van der Waals surface area contributed by atoms with Crippen molar-refractivity contribution >= 4 is 35.1 Å². The number of thioether (sulfide) groups is 2. The molecule has 0 aliphatic carbocycles. The molecule has 158 valence electrons. The molecule has 0 saturated heterocycles. The fourth-order valence-electron chi connectivity index (χ4n) is 2.84. The molecule has 3 rings (SSSR count). The molecule has 3 aromatic rings. The molecule has 0 unspecified atom stereocenters. The van der Waals surface area contributed by atoms with Crippen LogP contribution in [0.5, 0.6) is 0 Å². The van der Waals surface area contributed by atoms with Crippen LogP contribution >= 0.6 is 23.5 Å². The van der Waals surface area contributed by atoms with E-state index in [0.29, 0.717) is 5.75 Å². The van der Waals surface area contributed by atoms with Crippen LogP contribution in [0.15, 0.2) is 53.7 Å². The van der Waals surface area contributed by atoms with Gasteiger partial charge in [-0.3, -0.25) is 4.79 Å². The molecule has 1 heterocycles. The molecule has 0 atom stereocenters. The third kappa shape index (κ3) is 6.34. The third-order valence-electron chi connectivity index (χ3n) is 4.50. The van der Waals surface area contributed by atoms with Crippen molar-refractivity contribution < 1.29 is 9.18 Å². The Morgan fingerprint density at radius 1 is 1.00 bits per heavy atom. The summed E-state index contributed by atoms with van der Waals surface area (Å²) >= 11 is 3.09. The number of aryl methyl sites for hydroxylation is 1. The van der Waals surface area contributed by atoms with Gasteiger partial charge in [-0.05, 0) is 48.7 Å². The molecule has 30 heavy (non-hydrogen) atoms. The molecule has 0 saturated carbocycles. The van der Waals surface area contributed by atoms with Gasteiger partial charge in [-0.2, -0.15) is 0 Å². The summed E-state index contributed by atoms with van der Waals surface area (Å²) in [6.07, 6.45) is 0.973. The Labute approximate surface area is 184 Å². The van der Waals surface area contributed by atoms with Crippen molar-refractivity contribution in [1.82, 2.24) is 14.8 Å². The Hall–Kier alpha value is -2.32.